The van der Waals surface area contributed by atoms with E-state index in [9.17, 15) is 125 Å². The summed E-state index contributed by atoms with van der Waals surface area (Å²) in [5, 5.41) is 207. The highest BCUT2D eigenvalue weighted by atomic mass is 19.3. The quantitative estimate of drug-likeness (QED) is 0.0254. The van der Waals surface area contributed by atoms with Crippen molar-refractivity contribution in [3.63, 3.8) is 0 Å². The summed E-state index contributed by atoms with van der Waals surface area (Å²) >= 11 is 0. The first kappa shape index (κ1) is 122. The summed E-state index contributed by atoms with van der Waals surface area (Å²) in [4.78, 5) is 37.8. The molecule has 0 bridgehead atoms. The first-order valence-corrected chi connectivity index (χ1v) is 47.2. The summed E-state index contributed by atoms with van der Waals surface area (Å²) in [7, 11) is 0. The van der Waals surface area contributed by atoms with Crippen LogP contribution in [0, 0.1) is 0 Å². The minimum Gasteiger partial charge on any atom is -0.394 e. The third kappa shape index (κ3) is 28.9. The molecule has 3 amide bonds. The van der Waals surface area contributed by atoms with Crippen molar-refractivity contribution in [2.24, 2.45) is 103 Å². The summed E-state index contributed by atoms with van der Waals surface area (Å²) in [6, 6.07) is -13.3. The van der Waals surface area contributed by atoms with E-state index in [0.29, 0.717) is 0 Å². The van der Waals surface area contributed by atoms with Crippen LogP contribution in [-0.2, 0) is 99.6 Å². The number of aliphatic hydroxyl groups excluding tert-OH is 19. The van der Waals surface area contributed by atoms with E-state index in [1.807, 2.05) is 0 Å². The number of ether oxygens (including phenoxy) is 18. The Morgan fingerprint density at radius 2 is 0.579 bits per heavy atom. The molecule has 0 spiro atoms. The average Bonchev–Trinajstić information content (AvgIpc) is 1.75. The molecule has 6 saturated heterocycles. The van der Waals surface area contributed by atoms with Crippen LogP contribution < -0.4 is 119 Å². The standard InChI is InChI=1S/C27H49F2N7O13.C27H50FN7O13.C27H51N7O14/c28-27(29,7-32)22(42)23(43)36-11-3-10(34)19(47-24-9(33)2-1-8(4-30)44-24)21(15(11)38)49-26-18(41)20(13(6-37)46-26)48-25-14(35)17(40)16(39)12(5-31)45-25;28-9(5-30)16(37)24(42)35-12-3-11(33)21(46-25-10(32)2-1-8(4-29)43-25)23(17(12)38)48-27-20(41)22(14(7-36)45-27)47-26-15(34)19(40)18(39)13(6-31)44-26;28-4-8-1-2-9(31)25(43-8)46-21-10(32)3-11(34-24(42)17(38)12(36)5-29)16(37)23(21)48-27-20(41)22(14(7-35)45-27)47-26-15(33)19(40)18(39)13(6-30)44-26/h1-2,8-22,24-26,37-42H,3-7,30-35H2,(H,36,43);1-2,8-23,25-27,36-41H,3-7,29-34H2,(H,35,42);1-2,8-23,25-27,35-41H,3-7,28-33H2,(H,34,42)/t8-,9+,10-,11+,12-,13+,14+,15-,16+,17+,18+,19+,20+,21+,22?,24+,25+,26-;8-,9+,10+,11-,12+,13-,14+,15+,16-,17-,18+,19+,20+,21+,22+,23+,25+,26+,27-;8-,9+,10-,11+,12+,13-,14+,15+,16-,17?,18+,19+,20+,21+,22+,23+,25+,26+,27-/m000/s1. The van der Waals surface area contributed by atoms with Crippen molar-refractivity contribution >= 4 is 17.7 Å². The highest BCUT2D eigenvalue weighted by Crippen LogP contribution is 2.41. The summed E-state index contributed by atoms with van der Waals surface area (Å²) < 4.78 is 147. The molecule has 61 nitrogen and oxygen atoms in total. The van der Waals surface area contributed by atoms with Gasteiger partial charge in [0.25, 0.3) is 23.6 Å². The van der Waals surface area contributed by atoms with Crippen LogP contribution in [0.1, 0.15) is 19.3 Å². The Bertz CT molecular complexity index is 3880. The van der Waals surface area contributed by atoms with Crippen molar-refractivity contribution in [1.82, 2.24) is 16.0 Å². The van der Waals surface area contributed by atoms with E-state index in [4.69, 9.17) is 188 Å². The maximum absolute atomic E-state index is 14.0. The number of aliphatic hydroxyl groups is 19. The van der Waals surface area contributed by atoms with Crippen LogP contribution in [0.5, 0.6) is 0 Å². The maximum Gasteiger partial charge on any atom is 0.294 e. The van der Waals surface area contributed by atoms with Crippen molar-refractivity contribution in [3.8, 4) is 0 Å². The van der Waals surface area contributed by atoms with Crippen molar-refractivity contribution in [2.45, 2.75) is 368 Å². The van der Waals surface area contributed by atoms with Crippen molar-refractivity contribution < 1.29 is 210 Å². The number of hydrogen-bond donors (Lipinski definition) is 40. The fourth-order valence-corrected chi connectivity index (χ4v) is 18.2. The molecule has 145 heavy (non-hydrogen) atoms. The molecule has 58 N–H and O–H groups in total. The molecule has 0 aromatic carbocycles. The minimum atomic E-state index is -3.99. The second-order valence-electron chi connectivity index (χ2n) is 37.1. The number of alkyl halides is 3. The van der Waals surface area contributed by atoms with Gasteiger partial charge in [-0.25, -0.2) is 13.2 Å². The number of carbonyl (C=O) groups is 3. The second kappa shape index (κ2) is 54.8. The molecule has 56 atom stereocenters. The lowest BCUT2D eigenvalue weighted by Crippen LogP contribution is -2.67. The zero-order valence-electron chi connectivity index (χ0n) is 78.5. The number of nitrogens with one attached hydrogen (secondary N) is 3. The van der Waals surface area contributed by atoms with Crippen LogP contribution in [0.4, 0.5) is 13.2 Å². The molecular formula is C81H150F3N21O40. The van der Waals surface area contributed by atoms with Gasteiger partial charge < -0.3 is 301 Å². The van der Waals surface area contributed by atoms with Gasteiger partial charge in [0.2, 0.25) is 0 Å². The fraction of sp³-hybridized carbons (Fsp3) is 0.889. The Kier molecular flexibility index (Phi) is 46.2. The van der Waals surface area contributed by atoms with E-state index in [1.54, 1.807) is 36.5 Å². The SMILES string of the molecule is NC[C@@H](F)[C@H](O)C(=O)N[C@@H]1C[C@H](N)[C@@H](O[C@H]2O[C@H](CN)C=C[C@H]2N)[C@H](O[C@@H]2O[C@H](CO)[C@@H](O[C@H]3O[C@@H](CN)[C@@H](O)[C@H](O)[C@H]3N)[C@H]2O)[C@H]1O.NC[C@@H](O)C(O)C(=O)N[C@@H]1C[C@H](N)[C@@H](O[C@H]2O[C@H](CN)C=C[C@H]2N)[C@H](O[C@@H]2O[C@H](CO)[C@@H](O[C@H]3O[C@@H](CN)[C@@H](O)[C@H](O)[C@H]3N)[C@H]2O)[C@H]1O.NC[C@@H]1O[C@H](O[C@H]2[C@@H](O)[C@H](O[C@@H]3[C@@H](O)[C@H](NC(=O)C(O)C(F)(F)CN)C[C@H](N)[C@H]3O[C@H]3O[C@H](CN)C=C[C@H]3N)O[C@@H]2CO)[C@H](N)[C@@H](O)[C@@H]1O. The molecule has 64 heteroatoms. The summed E-state index contributed by atoms with van der Waals surface area (Å²) in [6.45, 7) is -4.90. The van der Waals surface area contributed by atoms with Gasteiger partial charge in [-0.1, -0.05) is 36.5 Å². The van der Waals surface area contributed by atoms with Gasteiger partial charge in [0.15, 0.2) is 74.9 Å². The molecule has 840 valence electrons. The molecular weight excluding hydrogens is 1960 g/mol. The average molecular weight is 2120 g/mol. The molecule has 9 fully saturated rings. The molecule has 0 aromatic heterocycles. The Hall–Kier alpha value is -4.78. The topological polar surface area (TPSA) is 1110 Å². The van der Waals surface area contributed by atoms with Gasteiger partial charge in [-0.2, -0.15) is 0 Å². The third-order valence-corrected chi connectivity index (χ3v) is 26.9. The van der Waals surface area contributed by atoms with Gasteiger partial charge in [0.1, 0.15) is 177 Å². The first-order valence-electron chi connectivity index (χ1n) is 47.2. The minimum absolute atomic E-state index is 0.0641. The Balaban J connectivity index is 0.000000223. The second-order valence-corrected chi connectivity index (χ2v) is 37.1. The van der Waals surface area contributed by atoms with Crippen molar-refractivity contribution in [2.75, 3.05) is 78.7 Å². The highest BCUT2D eigenvalue weighted by Gasteiger charge is 2.61. The number of halogens is 3. The molecule has 2 unspecified atom stereocenters. The lowest BCUT2D eigenvalue weighted by atomic mass is 9.83. The Morgan fingerprint density at radius 3 is 0.834 bits per heavy atom. The number of carbonyl (C=O) groups excluding carboxylic acids is 3. The molecule has 3 saturated carbocycles. The molecule has 12 aliphatic rings. The van der Waals surface area contributed by atoms with Crippen molar-refractivity contribution in [1.29, 1.82) is 0 Å². The third-order valence-electron chi connectivity index (χ3n) is 26.9. The molecule has 0 aromatic rings. The van der Waals surface area contributed by atoms with E-state index >= 15 is 0 Å². The van der Waals surface area contributed by atoms with E-state index in [2.05, 4.69) is 16.0 Å². The summed E-state index contributed by atoms with van der Waals surface area (Å²) in [5.74, 6) is -7.77. The van der Waals surface area contributed by atoms with Gasteiger partial charge in [-0.15, -0.1) is 0 Å². The van der Waals surface area contributed by atoms with E-state index in [0.717, 1.165) is 0 Å². The Morgan fingerprint density at radius 1 is 0.317 bits per heavy atom. The zero-order valence-corrected chi connectivity index (χ0v) is 78.5. The van der Waals surface area contributed by atoms with Crippen LogP contribution in [0.3, 0.4) is 0 Å². The van der Waals surface area contributed by atoms with Gasteiger partial charge in [-0.05, 0) is 19.3 Å². The lowest BCUT2D eigenvalue weighted by molar-refractivity contribution is -0.284. The largest absolute Gasteiger partial charge is 0.394 e. The number of amides is 3. The maximum atomic E-state index is 14.0. The first-order chi connectivity index (χ1) is 68.6. The van der Waals surface area contributed by atoms with Crippen LogP contribution in [0.25, 0.3) is 0 Å². The Labute approximate surface area is 827 Å². The fourth-order valence-electron chi connectivity index (χ4n) is 18.2. The molecule has 9 heterocycles. The monoisotopic (exact) mass is 2110 g/mol. The predicted molar refractivity (Wildman–Crippen MR) is 479 cm³/mol. The van der Waals surface area contributed by atoms with E-state index in [1.165, 1.54) is 0 Å². The molecule has 12 rings (SSSR count). The summed E-state index contributed by atoms with van der Waals surface area (Å²) in [6.07, 6.45) is -54.4. The van der Waals surface area contributed by atoms with Crippen LogP contribution in [0.2, 0.25) is 0 Å². The normalized spacial score (nSPS) is 46.0. The van der Waals surface area contributed by atoms with Crippen LogP contribution in [-0.4, -0.2) is 542 Å². The van der Waals surface area contributed by atoms with E-state index < -0.39 is 406 Å². The number of nitrogens with two attached hydrogens (primary N) is 18. The van der Waals surface area contributed by atoms with Gasteiger partial charge >= 0.3 is 0 Å². The number of hydrogen-bond acceptors (Lipinski definition) is 58. The smallest absolute Gasteiger partial charge is 0.294 e. The predicted octanol–water partition coefficient (Wildman–Crippen LogP) is -25.4. The van der Waals surface area contributed by atoms with Crippen molar-refractivity contribution in [3.05, 3.63) is 36.5 Å². The van der Waals surface area contributed by atoms with E-state index in [-0.39, 0.29) is 58.5 Å². The van der Waals surface area contributed by atoms with Crippen LogP contribution >= 0.6 is 0 Å². The van der Waals surface area contributed by atoms with Gasteiger partial charge in [-0.3, -0.25) is 14.4 Å². The number of rotatable bonds is 39. The molecule has 9 aliphatic heterocycles. The lowest BCUT2D eigenvalue weighted by Gasteiger charge is -2.46. The van der Waals surface area contributed by atoms with Crippen LogP contribution in [0.15, 0.2) is 36.5 Å². The molecule has 3 aliphatic carbocycles. The summed E-state index contributed by atoms with van der Waals surface area (Å²) in [5.41, 5.74) is 105. The zero-order chi connectivity index (χ0) is 107. The molecule has 0 radical (unpaired) electrons. The van der Waals surface area contributed by atoms with Gasteiger partial charge in [0, 0.05) is 70.5 Å². The van der Waals surface area contributed by atoms with Gasteiger partial charge in [0.05, 0.1) is 99.1 Å². The highest BCUT2D eigenvalue weighted by molar-refractivity contribution is 5.82.